The standard InChI is InChI=1S/C74H136N2O21/c1-4-6-8-10-12-14-16-18-20-22-24-26-28-29-31-33-35-37-39-41-43-45-47-56(81)55(76-61(84)48-46-44-42-40-38-36-34-32-30-27-25-23-21-19-17-15-13-11-9-7-5-2)53-92-71-66(88)65(87)68(60(52-79)94-71)95-72-67(89)70(64(86)59(51-78)93-72)97-74(73(90)91)49-57(82)62(75-54(3)80)69(96-74)63(85)58(83)50-77/h7,9,13,15,55-60,62-72,77-79,81-83,85-89H,4-6,8,10-12,14,16-53H2,1-3H3,(H,75,80)(H,76,84)(H,90,91)/b9-7-,15-13-. The molecule has 3 aliphatic rings. The van der Waals surface area contributed by atoms with Crippen LogP contribution in [0.2, 0.25) is 0 Å². The van der Waals surface area contributed by atoms with E-state index in [4.69, 9.17) is 28.4 Å². The second-order valence-corrected chi connectivity index (χ2v) is 27.8. The molecule has 18 unspecified atom stereocenters. The van der Waals surface area contributed by atoms with Crippen LogP contribution in [0.3, 0.4) is 0 Å². The Kier molecular flexibility index (Phi) is 49.2. The number of aliphatic hydroxyl groups excluding tert-OH is 11. The van der Waals surface area contributed by atoms with Crippen LogP contribution in [0.25, 0.3) is 0 Å². The fraction of sp³-hybridized carbons (Fsp3) is 0.905. The number of rotatable bonds is 59. The predicted molar refractivity (Wildman–Crippen MR) is 371 cm³/mol. The van der Waals surface area contributed by atoms with Crippen molar-refractivity contribution in [3.8, 4) is 0 Å². The summed E-state index contributed by atoms with van der Waals surface area (Å²) in [5, 5.41) is 136. The quantitative estimate of drug-likeness (QED) is 0.0200. The van der Waals surface area contributed by atoms with Crippen LogP contribution in [-0.2, 0) is 42.8 Å². The van der Waals surface area contributed by atoms with Gasteiger partial charge in [0, 0.05) is 19.8 Å². The van der Waals surface area contributed by atoms with Crippen LogP contribution in [0.1, 0.15) is 290 Å². The Bertz CT molecular complexity index is 2040. The first-order chi connectivity index (χ1) is 46.9. The van der Waals surface area contributed by atoms with Gasteiger partial charge in [0.15, 0.2) is 12.6 Å². The molecule has 3 rings (SSSR count). The summed E-state index contributed by atoms with van der Waals surface area (Å²) in [6, 6.07) is -2.53. The zero-order valence-corrected chi connectivity index (χ0v) is 59.7. The highest BCUT2D eigenvalue weighted by Crippen LogP contribution is 2.39. The van der Waals surface area contributed by atoms with Crippen molar-refractivity contribution >= 4 is 17.8 Å². The van der Waals surface area contributed by atoms with Gasteiger partial charge in [-0.25, -0.2) is 4.79 Å². The van der Waals surface area contributed by atoms with Gasteiger partial charge in [0.05, 0.1) is 50.7 Å². The second kappa shape index (κ2) is 53.9. The molecule has 14 N–H and O–H groups in total. The number of carbonyl (C=O) groups is 3. The summed E-state index contributed by atoms with van der Waals surface area (Å²) < 4.78 is 34.9. The van der Waals surface area contributed by atoms with Crippen LogP contribution in [0.4, 0.5) is 0 Å². The number of aliphatic hydroxyl groups is 11. The lowest BCUT2D eigenvalue weighted by Crippen LogP contribution is -2.70. The molecule has 0 aromatic heterocycles. The number of carbonyl (C=O) groups excluding carboxylic acids is 2. The third-order valence-electron chi connectivity index (χ3n) is 19.4. The summed E-state index contributed by atoms with van der Waals surface area (Å²) in [6.45, 7) is 2.14. The van der Waals surface area contributed by atoms with Gasteiger partial charge in [-0.15, -0.1) is 0 Å². The maximum Gasteiger partial charge on any atom is 0.364 e. The Morgan fingerprint density at radius 3 is 1.49 bits per heavy atom. The highest BCUT2D eigenvalue weighted by atomic mass is 16.8. The monoisotopic (exact) mass is 1390 g/mol. The maximum atomic E-state index is 13.5. The Balaban J connectivity index is 1.54. The van der Waals surface area contributed by atoms with Crippen LogP contribution in [0.5, 0.6) is 0 Å². The van der Waals surface area contributed by atoms with E-state index in [2.05, 4.69) is 48.8 Å². The summed E-state index contributed by atoms with van der Waals surface area (Å²) in [4.78, 5) is 38.7. The molecule has 3 heterocycles. The third-order valence-corrected chi connectivity index (χ3v) is 19.4. The zero-order valence-electron chi connectivity index (χ0n) is 59.7. The molecular formula is C74H136N2O21. The topological polar surface area (TPSA) is 373 Å². The molecule has 0 aromatic carbocycles. The molecule has 3 saturated heterocycles. The summed E-state index contributed by atoms with van der Waals surface area (Å²) >= 11 is 0. The van der Waals surface area contributed by atoms with Crippen LogP contribution in [0.15, 0.2) is 24.3 Å². The minimum atomic E-state index is -3.08. The van der Waals surface area contributed by atoms with Crippen molar-refractivity contribution in [1.29, 1.82) is 0 Å². The van der Waals surface area contributed by atoms with Gasteiger partial charge < -0.3 is 100 Å². The first-order valence-corrected chi connectivity index (χ1v) is 38.2. The lowest BCUT2D eigenvalue weighted by atomic mass is 9.88. The number of aliphatic carboxylic acids is 1. The van der Waals surface area contributed by atoms with Gasteiger partial charge in [0.1, 0.15) is 67.1 Å². The SMILES string of the molecule is CC/C=C\C/C=C\CCCCCCCCCCCCCCCCC(=O)NC(COC1OC(CO)C(OC2OC(CO)C(O)C(OC3(C(=O)O)CC(O)C(NC(C)=O)C(C(O)C(O)CO)O3)C2O)C(O)C1O)C(O)CCCCCCCCCCCCCCCCCCCCCCCC. The van der Waals surface area contributed by atoms with Crippen molar-refractivity contribution in [2.75, 3.05) is 26.4 Å². The van der Waals surface area contributed by atoms with Gasteiger partial charge >= 0.3 is 5.97 Å². The number of unbranched alkanes of at least 4 members (excludes halogenated alkanes) is 35. The van der Waals surface area contributed by atoms with Crippen molar-refractivity contribution in [2.24, 2.45) is 0 Å². The molecule has 0 saturated carbocycles. The molecule has 97 heavy (non-hydrogen) atoms. The van der Waals surface area contributed by atoms with Crippen LogP contribution in [0, 0.1) is 0 Å². The Hall–Kier alpha value is -2.79. The molecule has 0 aromatic rings. The Morgan fingerprint density at radius 1 is 0.546 bits per heavy atom. The van der Waals surface area contributed by atoms with E-state index in [1.807, 2.05) is 0 Å². The average Bonchev–Trinajstić information content (AvgIpc) is 0.758. The van der Waals surface area contributed by atoms with Gasteiger partial charge in [-0.1, -0.05) is 256 Å². The fourth-order valence-corrected chi connectivity index (χ4v) is 13.4. The molecule has 0 radical (unpaired) electrons. The molecular weight excluding hydrogens is 1250 g/mol. The normalized spacial score (nSPS) is 27.5. The molecule has 3 aliphatic heterocycles. The number of carboxylic acids is 1. The smallest absolute Gasteiger partial charge is 0.364 e. The van der Waals surface area contributed by atoms with Gasteiger partial charge in [-0.2, -0.15) is 0 Å². The minimum Gasteiger partial charge on any atom is -0.477 e. The highest BCUT2D eigenvalue weighted by molar-refractivity contribution is 5.77. The molecule has 18 atom stereocenters. The number of nitrogens with one attached hydrogen (secondary N) is 2. The van der Waals surface area contributed by atoms with Crippen molar-refractivity contribution in [3.05, 3.63) is 24.3 Å². The van der Waals surface area contributed by atoms with E-state index < -0.39 is 148 Å². The number of ether oxygens (including phenoxy) is 6. The van der Waals surface area contributed by atoms with Gasteiger partial charge in [0.25, 0.3) is 5.79 Å². The molecule has 3 fully saturated rings. The lowest BCUT2D eigenvalue weighted by molar-refractivity contribution is -0.386. The number of allylic oxidation sites excluding steroid dienone is 4. The summed E-state index contributed by atoms with van der Waals surface area (Å²) in [6.07, 6.45) is 27.4. The van der Waals surface area contributed by atoms with Gasteiger partial charge in [-0.05, 0) is 38.5 Å². The zero-order chi connectivity index (χ0) is 71.1. The van der Waals surface area contributed by atoms with E-state index >= 15 is 0 Å². The van der Waals surface area contributed by atoms with Crippen molar-refractivity contribution < 1.29 is 104 Å². The lowest BCUT2D eigenvalue weighted by Gasteiger charge is -2.50. The van der Waals surface area contributed by atoms with E-state index in [-0.39, 0.29) is 18.9 Å². The summed E-state index contributed by atoms with van der Waals surface area (Å²) in [5.74, 6) is -6.10. The summed E-state index contributed by atoms with van der Waals surface area (Å²) in [7, 11) is 0. The molecule has 23 nitrogen and oxygen atoms in total. The average molecular weight is 1390 g/mol. The highest BCUT2D eigenvalue weighted by Gasteiger charge is 2.60. The molecule has 0 spiro atoms. The molecule has 2 amide bonds. The number of amides is 2. The maximum absolute atomic E-state index is 13.5. The van der Waals surface area contributed by atoms with Crippen molar-refractivity contribution in [2.45, 2.75) is 400 Å². The molecule has 568 valence electrons. The number of hydrogen-bond donors (Lipinski definition) is 14. The third kappa shape index (κ3) is 35.3. The van der Waals surface area contributed by atoms with E-state index in [1.165, 1.54) is 173 Å². The molecule has 0 aliphatic carbocycles. The van der Waals surface area contributed by atoms with E-state index in [1.54, 1.807) is 0 Å². The minimum absolute atomic E-state index is 0.224. The van der Waals surface area contributed by atoms with Crippen molar-refractivity contribution in [3.63, 3.8) is 0 Å². The summed E-state index contributed by atoms with van der Waals surface area (Å²) in [5.41, 5.74) is 0. The number of carboxylic acid groups (broad SMARTS) is 1. The predicted octanol–water partition coefficient (Wildman–Crippen LogP) is 8.79. The first kappa shape index (κ1) is 88.4. The van der Waals surface area contributed by atoms with Crippen molar-refractivity contribution in [1.82, 2.24) is 10.6 Å². The second-order valence-electron chi connectivity index (χ2n) is 27.8. The van der Waals surface area contributed by atoms with Gasteiger partial charge in [-0.3, -0.25) is 9.59 Å². The first-order valence-electron chi connectivity index (χ1n) is 38.2. The largest absolute Gasteiger partial charge is 0.477 e. The molecule has 0 bridgehead atoms. The number of hydrogen-bond acceptors (Lipinski definition) is 20. The van der Waals surface area contributed by atoms with E-state index in [0.29, 0.717) is 19.3 Å². The molecule has 23 heteroatoms. The van der Waals surface area contributed by atoms with Crippen LogP contribution >= 0.6 is 0 Å². The fourth-order valence-electron chi connectivity index (χ4n) is 13.4. The Morgan fingerprint density at radius 2 is 1.02 bits per heavy atom. The van der Waals surface area contributed by atoms with Crippen LogP contribution in [-0.4, -0.2) is 215 Å². The van der Waals surface area contributed by atoms with Crippen LogP contribution < -0.4 is 10.6 Å². The van der Waals surface area contributed by atoms with E-state index in [9.17, 15) is 75.7 Å². The van der Waals surface area contributed by atoms with Gasteiger partial charge in [0.2, 0.25) is 11.8 Å². The van der Waals surface area contributed by atoms with E-state index in [0.717, 1.165) is 71.1 Å². The Labute approximate surface area is 581 Å².